The summed E-state index contributed by atoms with van der Waals surface area (Å²) in [5.41, 5.74) is -0.464. The van der Waals surface area contributed by atoms with Gasteiger partial charge in [-0.2, -0.15) is 5.26 Å². The fraction of sp³-hybridized carbons (Fsp3) is 0.273. The molecule has 1 aromatic carbocycles. The van der Waals surface area contributed by atoms with Gasteiger partial charge < -0.3 is 5.32 Å². The average molecular weight is 231 g/mol. The molecule has 6 heteroatoms. The van der Waals surface area contributed by atoms with E-state index in [9.17, 15) is 14.9 Å². The van der Waals surface area contributed by atoms with Crippen LogP contribution in [0.3, 0.4) is 0 Å². The zero-order valence-corrected chi connectivity index (χ0v) is 8.84. The smallest absolute Gasteiger partial charge is 0.269 e. The van der Waals surface area contributed by atoms with E-state index in [4.69, 9.17) is 5.26 Å². The second-order valence-corrected chi connectivity index (χ2v) is 3.95. The van der Waals surface area contributed by atoms with Gasteiger partial charge in [-0.15, -0.1) is 0 Å². The number of benzene rings is 1. The standard InChI is InChI=1S/C11H9N3O3/c12-7-11(5-6-11)10(15)13-8-1-3-9(4-2-8)14(16)17/h1-4H,5-6H2,(H,13,15). The summed E-state index contributed by atoms with van der Waals surface area (Å²) in [5.74, 6) is -0.339. The monoisotopic (exact) mass is 231 g/mol. The summed E-state index contributed by atoms with van der Waals surface area (Å²) in [6, 6.07) is 7.49. The van der Waals surface area contributed by atoms with Crippen molar-refractivity contribution < 1.29 is 9.72 Å². The number of nitrogens with one attached hydrogen (secondary N) is 1. The Morgan fingerprint density at radius 1 is 1.41 bits per heavy atom. The highest BCUT2D eigenvalue weighted by atomic mass is 16.6. The minimum atomic E-state index is -0.887. The number of nitriles is 1. The third kappa shape index (κ3) is 2.08. The molecule has 17 heavy (non-hydrogen) atoms. The second-order valence-electron chi connectivity index (χ2n) is 3.95. The Morgan fingerprint density at radius 3 is 2.41 bits per heavy atom. The lowest BCUT2D eigenvalue weighted by Gasteiger charge is -2.07. The Hall–Kier alpha value is -2.42. The van der Waals surface area contributed by atoms with Crippen LogP contribution < -0.4 is 5.32 Å². The van der Waals surface area contributed by atoms with Gasteiger partial charge in [0.25, 0.3) is 5.69 Å². The van der Waals surface area contributed by atoms with Crippen LogP contribution in [0.2, 0.25) is 0 Å². The molecule has 0 atom stereocenters. The molecule has 0 spiro atoms. The van der Waals surface area contributed by atoms with Crippen LogP contribution in [0.1, 0.15) is 12.8 Å². The van der Waals surface area contributed by atoms with Crippen LogP contribution >= 0.6 is 0 Å². The lowest BCUT2D eigenvalue weighted by atomic mass is 10.1. The van der Waals surface area contributed by atoms with Crippen LogP contribution in [0.5, 0.6) is 0 Å². The quantitative estimate of drug-likeness (QED) is 0.634. The first-order chi connectivity index (χ1) is 8.07. The summed E-state index contributed by atoms with van der Waals surface area (Å²) < 4.78 is 0. The van der Waals surface area contributed by atoms with Gasteiger partial charge in [-0.25, -0.2) is 0 Å². The summed E-state index contributed by atoms with van der Waals surface area (Å²) >= 11 is 0. The first-order valence-electron chi connectivity index (χ1n) is 5.04. The van der Waals surface area contributed by atoms with E-state index in [0.717, 1.165) is 0 Å². The maximum absolute atomic E-state index is 11.7. The van der Waals surface area contributed by atoms with Gasteiger partial charge in [-0.1, -0.05) is 0 Å². The van der Waals surface area contributed by atoms with Crippen molar-refractivity contribution >= 4 is 17.3 Å². The number of carbonyl (C=O) groups excluding carboxylic acids is 1. The number of carbonyl (C=O) groups is 1. The van der Waals surface area contributed by atoms with E-state index in [1.807, 2.05) is 6.07 Å². The summed E-state index contributed by atoms with van der Waals surface area (Å²) in [6.45, 7) is 0. The Morgan fingerprint density at radius 2 is 2.00 bits per heavy atom. The molecule has 1 amide bonds. The van der Waals surface area contributed by atoms with Crippen molar-refractivity contribution in [3.8, 4) is 6.07 Å². The molecule has 1 fully saturated rings. The van der Waals surface area contributed by atoms with Crippen LogP contribution in [0.4, 0.5) is 11.4 Å². The Balaban J connectivity index is 2.08. The van der Waals surface area contributed by atoms with Crippen molar-refractivity contribution in [1.82, 2.24) is 0 Å². The largest absolute Gasteiger partial charge is 0.325 e. The van der Waals surface area contributed by atoms with Gasteiger partial charge in [0.2, 0.25) is 5.91 Å². The normalized spacial score (nSPS) is 15.7. The summed E-state index contributed by atoms with van der Waals surface area (Å²) in [5, 5.41) is 21.8. The number of nitro benzene ring substituents is 1. The van der Waals surface area contributed by atoms with Gasteiger partial charge in [0.05, 0.1) is 11.0 Å². The molecule has 0 unspecified atom stereocenters. The van der Waals surface area contributed by atoms with Crippen LogP contribution in [0.15, 0.2) is 24.3 Å². The van der Waals surface area contributed by atoms with E-state index >= 15 is 0 Å². The molecule has 0 aromatic heterocycles. The number of non-ortho nitro benzene ring substituents is 1. The SMILES string of the molecule is N#CC1(C(=O)Nc2ccc([N+](=O)[O-])cc2)CC1. The second kappa shape index (κ2) is 3.87. The molecule has 1 aliphatic carbocycles. The molecule has 0 heterocycles. The van der Waals surface area contributed by atoms with Crippen molar-refractivity contribution in [3.05, 3.63) is 34.4 Å². The lowest BCUT2D eigenvalue weighted by molar-refractivity contribution is -0.384. The highest BCUT2D eigenvalue weighted by Gasteiger charge is 2.50. The molecule has 86 valence electrons. The topological polar surface area (TPSA) is 96.0 Å². The van der Waals surface area contributed by atoms with E-state index in [2.05, 4.69) is 5.32 Å². The van der Waals surface area contributed by atoms with Crippen molar-refractivity contribution in [2.24, 2.45) is 5.41 Å². The van der Waals surface area contributed by atoms with Gasteiger partial charge in [-0.3, -0.25) is 14.9 Å². The average Bonchev–Trinajstić information content (AvgIpc) is 3.10. The van der Waals surface area contributed by atoms with Gasteiger partial charge >= 0.3 is 0 Å². The van der Waals surface area contributed by atoms with E-state index in [1.165, 1.54) is 24.3 Å². The van der Waals surface area contributed by atoms with Crippen molar-refractivity contribution in [2.45, 2.75) is 12.8 Å². The first-order valence-corrected chi connectivity index (χ1v) is 5.04. The number of nitro groups is 1. The van der Waals surface area contributed by atoms with Crippen LogP contribution in [0, 0.1) is 26.9 Å². The summed E-state index contributed by atoms with van der Waals surface area (Å²) in [6.07, 6.45) is 1.14. The third-order valence-electron chi connectivity index (χ3n) is 2.73. The molecular weight excluding hydrogens is 222 g/mol. The van der Waals surface area contributed by atoms with Crippen LogP contribution in [0.25, 0.3) is 0 Å². The Kier molecular flexibility index (Phi) is 2.52. The fourth-order valence-electron chi connectivity index (χ4n) is 1.43. The van der Waals surface area contributed by atoms with Gasteiger partial charge in [0.15, 0.2) is 0 Å². The predicted octanol–water partition coefficient (Wildman–Crippen LogP) is 1.84. The Labute approximate surface area is 97.0 Å². The van der Waals surface area contributed by atoms with Crippen molar-refractivity contribution in [1.29, 1.82) is 5.26 Å². The molecule has 6 nitrogen and oxygen atoms in total. The molecule has 2 rings (SSSR count). The molecule has 1 aliphatic rings. The maximum Gasteiger partial charge on any atom is 0.269 e. The highest BCUT2D eigenvalue weighted by molar-refractivity contribution is 5.99. The van der Waals surface area contributed by atoms with Gasteiger partial charge in [-0.05, 0) is 25.0 Å². The summed E-state index contributed by atoms with van der Waals surface area (Å²) in [7, 11) is 0. The Bertz CT molecular complexity index is 512. The minimum absolute atomic E-state index is 0.0376. The number of nitrogens with zero attached hydrogens (tertiary/aromatic N) is 2. The van der Waals surface area contributed by atoms with Crippen LogP contribution in [-0.4, -0.2) is 10.8 Å². The number of anilines is 1. The third-order valence-corrected chi connectivity index (χ3v) is 2.73. The van der Waals surface area contributed by atoms with Gasteiger partial charge in [0.1, 0.15) is 5.41 Å². The fourth-order valence-corrected chi connectivity index (χ4v) is 1.43. The van der Waals surface area contributed by atoms with Crippen molar-refractivity contribution in [2.75, 3.05) is 5.32 Å². The van der Waals surface area contributed by atoms with Crippen LogP contribution in [-0.2, 0) is 4.79 Å². The predicted molar refractivity (Wildman–Crippen MR) is 59.0 cm³/mol. The van der Waals surface area contributed by atoms with E-state index < -0.39 is 10.3 Å². The highest BCUT2D eigenvalue weighted by Crippen LogP contribution is 2.45. The number of hydrogen-bond donors (Lipinski definition) is 1. The lowest BCUT2D eigenvalue weighted by Crippen LogP contribution is -2.22. The van der Waals surface area contributed by atoms with Gasteiger partial charge in [0, 0.05) is 17.8 Å². The number of amides is 1. The van der Waals surface area contributed by atoms with Crippen molar-refractivity contribution in [3.63, 3.8) is 0 Å². The molecule has 1 N–H and O–H groups in total. The molecule has 0 bridgehead atoms. The molecule has 1 saturated carbocycles. The zero-order valence-electron chi connectivity index (χ0n) is 8.84. The first kappa shape index (κ1) is 11.1. The molecule has 0 radical (unpaired) electrons. The molecule has 0 aliphatic heterocycles. The van der Waals surface area contributed by atoms with E-state index in [-0.39, 0.29) is 11.6 Å². The molecule has 0 saturated heterocycles. The number of hydrogen-bond acceptors (Lipinski definition) is 4. The number of rotatable bonds is 3. The molecule has 1 aromatic rings. The van der Waals surface area contributed by atoms with E-state index in [0.29, 0.717) is 18.5 Å². The zero-order chi connectivity index (χ0) is 12.5. The molecular formula is C11H9N3O3. The van der Waals surface area contributed by atoms with E-state index in [1.54, 1.807) is 0 Å². The minimum Gasteiger partial charge on any atom is -0.325 e. The summed E-state index contributed by atoms with van der Waals surface area (Å²) in [4.78, 5) is 21.6. The maximum atomic E-state index is 11.7.